The molecule has 0 saturated carbocycles. The zero-order valence-electron chi connectivity index (χ0n) is 7.95. The van der Waals surface area contributed by atoms with Crippen molar-refractivity contribution in [1.82, 2.24) is 0 Å². The minimum absolute atomic E-state index is 0.120. The Morgan fingerprint density at radius 1 is 1.54 bits per heavy atom. The highest BCUT2D eigenvalue weighted by molar-refractivity contribution is 5.41. The maximum absolute atomic E-state index is 9.31. The Morgan fingerprint density at radius 2 is 2.23 bits per heavy atom. The molecule has 0 bridgehead atoms. The van der Waals surface area contributed by atoms with Gasteiger partial charge >= 0.3 is 0 Å². The number of benzene rings is 1. The summed E-state index contributed by atoms with van der Waals surface area (Å²) >= 11 is 0. The van der Waals surface area contributed by atoms with E-state index in [-0.39, 0.29) is 11.8 Å². The van der Waals surface area contributed by atoms with Gasteiger partial charge in [0.25, 0.3) is 0 Å². The summed E-state index contributed by atoms with van der Waals surface area (Å²) in [7, 11) is 1.53. The van der Waals surface area contributed by atoms with Gasteiger partial charge in [0.15, 0.2) is 11.5 Å². The van der Waals surface area contributed by atoms with Crippen molar-refractivity contribution in [2.45, 2.75) is 19.4 Å². The molecule has 1 atom stereocenters. The predicted molar refractivity (Wildman–Crippen MR) is 52.0 cm³/mol. The molecule has 1 unspecified atom stereocenters. The van der Waals surface area contributed by atoms with Gasteiger partial charge in [-0.25, -0.2) is 0 Å². The molecule has 0 spiro atoms. The van der Waals surface area contributed by atoms with Crippen molar-refractivity contribution in [2.75, 3.05) is 7.11 Å². The number of phenolic OH excluding ortho intramolecular Hbond substituents is 1. The van der Waals surface area contributed by atoms with Crippen LogP contribution in [0.3, 0.4) is 0 Å². The Balaban J connectivity index is 2.86. The second kappa shape index (κ2) is 4.14. The number of rotatable bonds is 3. The summed E-state index contributed by atoms with van der Waals surface area (Å²) in [6.45, 7) is 1.94. The minimum atomic E-state index is 0.120. The minimum Gasteiger partial charge on any atom is -0.504 e. The molecule has 0 radical (unpaired) electrons. The fourth-order valence-corrected chi connectivity index (χ4v) is 1.22. The summed E-state index contributed by atoms with van der Waals surface area (Å²) in [6, 6.07) is 5.39. The van der Waals surface area contributed by atoms with E-state index in [9.17, 15) is 5.11 Å². The molecule has 0 fully saturated rings. The van der Waals surface area contributed by atoms with E-state index in [0.717, 1.165) is 12.0 Å². The van der Waals surface area contributed by atoms with Gasteiger partial charge in [0.2, 0.25) is 0 Å². The van der Waals surface area contributed by atoms with Crippen molar-refractivity contribution in [1.29, 1.82) is 0 Å². The lowest BCUT2D eigenvalue weighted by Gasteiger charge is -2.08. The van der Waals surface area contributed by atoms with Crippen LogP contribution in [0.5, 0.6) is 11.5 Å². The van der Waals surface area contributed by atoms with Gasteiger partial charge in [-0.1, -0.05) is 6.07 Å². The van der Waals surface area contributed by atoms with Crippen LogP contribution in [0.2, 0.25) is 0 Å². The number of nitrogens with two attached hydrogens (primary N) is 1. The Bertz CT molecular complexity index is 284. The number of methoxy groups -OCH3 is 1. The van der Waals surface area contributed by atoms with Gasteiger partial charge in [0.05, 0.1) is 7.11 Å². The van der Waals surface area contributed by atoms with Crippen LogP contribution in [0.25, 0.3) is 0 Å². The summed E-state index contributed by atoms with van der Waals surface area (Å²) < 4.78 is 4.98. The number of ether oxygens (including phenoxy) is 1. The van der Waals surface area contributed by atoms with E-state index in [4.69, 9.17) is 10.5 Å². The largest absolute Gasteiger partial charge is 0.504 e. The molecule has 0 aliphatic carbocycles. The molecule has 72 valence electrons. The number of hydrogen-bond acceptors (Lipinski definition) is 3. The van der Waals surface area contributed by atoms with E-state index in [1.165, 1.54) is 7.11 Å². The van der Waals surface area contributed by atoms with Crippen molar-refractivity contribution in [3.05, 3.63) is 23.8 Å². The standard InChI is InChI=1S/C10H15NO2/c1-7(11)5-8-3-4-9(12)10(6-8)13-2/h3-4,6-7,12H,5,11H2,1-2H3. The van der Waals surface area contributed by atoms with Crippen LogP contribution in [0.15, 0.2) is 18.2 Å². The molecule has 0 aliphatic heterocycles. The SMILES string of the molecule is COc1cc(CC(C)N)ccc1O. The average molecular weight is 181 g/mol. The van der Waals surface area contributed by atoms with Crippen LogP contribution in [0.1, 0.15) is 12.5 Å². The summed E-state index contributed by atoms with van der Waals surface area (Å²) in [5.74, 6) is 0.661. The lowest BCUT2D eigenvalue weighted by atomic mass is 10.1. The highest BCUT2D eigenvalue weighted by Crippen LogP contribution is 2.26. The van der Waals surface area contributed by atoms with E-state index in [1.54, 1.807) is 12.1 Å². The lowest BCUT2D eigenvalue weighted by molar-refractivity contribution is 0.373. The molecular weight excluding hydrogens is 166 g/mol. The van der Waals surface area contributed by atoms with Crippen LogP contribution in [-0.4, -0.2) is 18.3 Å². The molecule has 3 heteroatoms. The topological polar surface area (TPSA) is 55.5 Å². The Hall–Kier alpha value is -1.22. The van der Waals surface area contributed by atoms with E-state index < -0.39 is 0 Å². The van der Waals surface area contributed by atoms with E-state index >= 15 is 0 Å². The zero-order valence-corrected chi connectivity index (χ0v) is 7.95. The third-order valence-corrected chi connectivity index (χ3v) is 1.80. The van der Waals surface area contributed by atoms with E-state index in [2.05, 4.69) is 0 Å². The van der Waals surface area contributed by atoms with Gasteiger partial charge in [-0.05, 0) is 31.0 Å². The molecule has 3 nitrogen and oxygen atoms in total. The quantitative estimate of drug-likeness (QED) is 0.738. The second-order valence-corrected chi connectivity index (χ2v) is 3.19. The third kappa shape index (κ3) is 2.63. The maximum Gasteiger partial charge on any atom is 0.160 e. The molecule has 13 heavy (non-hydrogen) atoms. The number of phenols is 1. The zero-order chi connectivity index (χ0) is 9.84. The van der Waals surface area contributed by atoms with Crippen molar-refractivity contribution >= 4 is 0 Å². The smallest absolute Gasteiger partial charge is 0.160 e. The van der Waals surface area contributed by atoms with Crippen molar-refractivity contribution in [2.24, 2.45) is 5.73 Å². The van der Waals surface area contributed by atoms with Gasteiger partial charge in [0.1, 0.15) is 0 Å². The first-order valence-corrected chi connectivity index (χ1v) is 4.25. The Labute approximate surface area is 78.1 Å². The van der Waals surface area contributed by atoms with Crippen LogP contribution in [0.4, 0.5) is 0 Å². The normalized spacial score (nSPS) is 12.5. The van der Waals surface area contributed by atoms with E-state index in [1.807, 2.05) is 13.0 Å². The van der Waals surface area contributed by atoms with Gasteiger partial charge < -0.3 is 15.6 Å². The first-order chi connectivity index (χ1) is 6.13. The molecule has 0 saturated heterocycles. The van der Waals surface area contributed by atoms with Crippen LogP contribution in [0, 0.1) is 0 Å². The van der Waals surface area contributed by atoms with Crippen LogP contribution >= 0.6 is 0 Å². The fourth-order valence-electron chi connectivity index (χ4n) is 1.22. The molecule has 3 N–H and O–H groups in total. The molecule has 1 aromatic rings. The highest BCUT2D eigenvalue weighted by Gasteiger charge is 2.03. The van der Waals surface area contributed by atoms with Gasteiger partial charge in [0, 0.05) is 6.04 Å². The Kier molecular flexibility index (Phi) is 3.14. The van der Waals surface area contributed by atoms with Crippen molar-refractivity contribution < 1.29 is 9.84 Å². The van der Waals surface area contributed by atoms with E-state index in [0.29, 0.717) is 5.75 Å². The summed E-state index contributed by atoms with van der Waals surface area (Å²) in [4.78, 5) is 0. The summed E-state index contributed by atoms with van der Waals surface area (Å²) in [5.41, 5.74) is 6.72. The van der Waals surface area contributed by atoms with Crippen LogP contribution in [-0.2, 0) is 6.42 Å². The lowest BCUT2D eigenvalue weighted by Crippen LogP contribution is -2.17. The average Bonchev–Trinajstić information content (AvgIpc) is 2.07. The van der Waals surface area contributed by atoms with Crippen LogP contribution < -0.4 is 10.5 Å². The maximum atomic E-state index is 9.31. The van der Waals surface area contributed by atoms with Crippen molar-refractivity contribution in [3.63, 3.8) is 0 Å². The third-order valence-electron chi connectivity index (χ3n) is 1.80. The number of aromatic hydroxyl groups is 1. The first-order valence-electron chi connectivity index (χ1n) is 4.25. The molecule has 0 amide bonds. The van der Waals surface area contributed by atoms with Gasteiger partial charge in [-0.3, -0.25) is 0 Å². The number of hydrogen-bond donors (Lipinski definition) is 2. The van der Waals surface area contributed by atoms with Gasteiger partial charge in [-0.2, -0.15) is 0 Å². The Morgan fingerprint density at radius 3 is 2.77 bits per heavy atom. The summed E-state index contributed by atoms with van der Waals surface area (Å²) in [6.07, 6.45) is 0.788. The molecule has 1 aromatic carbocycles. The highest BCUT2D eigenvalue weighted by atomic mass is 16.5. The summed E-state index contributed by atoms with van der Waals surface area (Å²) in [5, 5.41) is 9.31. The molecule has 0 aliphatic rings. The first kappa shape index (κ1) is 9.86. The van der Waals surface area contributed by atoms with Gasteiger partial charge in [-0.15, -0.1) is 0 Å². The molecule has 0 heterocycles. The van der Waals surface area contributed by atoms with Crippen molar-refractivity contribution in [3.8, 4) is 11.5 Å². The molecular formula is C10H15NO2. The monoisotopic (exact) mass is 181 g/mol. The second-order valence-electron chi connectivity index (χ2n) is 3.19. The fraction of sp³-hybridized carbons (Fsp3) is 0.400. The predicted octanol–water partition coefficient (Wildman–Crippen LogP) is 1.29. The molecule has 0 aromatic heterocycles. The molecule has 1 rings (SSSR count).